The third kappa shape index (κ3) is 1.30. The van der Waals surface area contributed by atoms with Gasteiger partial charge in [0, 0.05) is 18.2 Å². The van der Waals surface area contributed by atoms with Crippen LogP contribution in [0.15, 0.2) is 24.3 Å². The summed E-state index contributed by atoms with van der Waals surface area (Å²) in [5.74, 6) is -1.89. The SMILES string of the molecule is CO[C@H]1C(=O)C(=O)c2ccccc2C1=O. The second-order valence-electron chi connectivity index (χ2n) is 3.22. The molecule has 0 aliphatic heterocycles. The number of Topliss-reactive ketones (excluding diaryl/α,β-unsaturated/α-hetero) is 3. The molecule has 1 aromatic rings. The van der Waals surface area contributed by atoms with Crippen LogP contribution in [-0.2, 0) is 9.53 Å². The van der Waals surface area contributed by atoms with E-state index in [0.29, 0.717) is 0 Å². The standard InChI is InChI=1S/C11H8O4/c1-15-11-9(13)7-5-3-2-4-6(7)8(12)10(11)14/h2-5,11H,1H3/t11-/m1/s1. The van der Waals surface area contributed by atoms with Crippen LogP contribution in [0.25, 0.3) is 0 Å². The van der Waals surface area contributed by atoms with Crippen LogP contribution < -0.4 is 0 Å². The van der Waals surface area contributed by atoms with Gasteiger partial charge in [-0.15, -0.1) is 0 Å². The first-order valence-corrected chi connectivity index (χ1v) is 4.41. The summed E-state index contributed by atoms with van der Waals surface area (Å²) in [5.41, 5.74) is 0.426. The van der Waals surface area contributed by atoms with Gasteiger partial charge in [0.15, 0.2) is 11.9 Å². The van der Waals surface area contributed by atoms with Crippen molar-refractivity contribution < 1.29 is 19.1 Å². The first-order chi connectivity index (χ1) is 7.16. The molecule has 0 fully saturated rings. The Morgan fingerprint density at radius 1 is 1.00 bits per heavy atom. The molecule has 2 rings (SSSR count). The average Bonchev–Trinajstić information content (AvgIpc) is 2.27. The molecule has 76 valence electrons. The maximum atomic E-state index is 11.7. The number of ketones is 3. The number of hydrogen-bond donors (Lipinski definition) is 0. The lowest BCUT2D eigenvalue weighted by Gasteiger charge is -2.19. The predicted octanol–water partition coefficient (Wildman–Crippen LogP) is 0.650. The minimum Gasteiger partial charge on any atom is -0.365 e. The fourth-order valence-electron chi connectivity index (χ4n) is 1.62. The van der Waals surface area contributed by atoms with Crippen LogP contribution in [0.2, 0.25) is 0 Å². The van der Waals surface area contributed by atoms with E-state index in [1.54, 1.807) is 12.1 Å². The highest BCUT2D eigenvalue weighted by atomic mass is 16.5. The van der Waals surface area contributed by atoms with Crippen molar-refractivity contribution in [2.45, 2.75) is 6.10 Å². The molecule has 0 amide bonds. The van der Waals surface area contributed by atoms with Crippen LogP contribution in [0.1, 0.15) is 20.7 Å². The predicted molar refractivity (Wildman–Crippen MR) is 50.9 cm³/mol. The van der Waals surface area contributed by atoms with Crippen molar-refractivity contribution in [2.75, 3.05) is 7.11 Å². The van der Waals surface area contributed by atoms with Gasteiger partial charge in [-0.1, -0.05) is 24.3 Å². The van der Waals surface area contributed by atoms with Crippen molar-refractivity contribution in [3.63, 3.8) is 0 Å². The van der Waals surface area contributed by atoms with Gasteiger partial charge in [-0.3, -0.25) is 14.4 Å². The molecule has 0 radical (unpaired) electrons. The Balaban J connectivity index is 2.62. The Morgan fingerprint density at radius 2 is 1.60 bits per heavy atom. The molecule has 0 N–H and O–H groups in total. The fraction of sp³-hybridized carbons (Fsp3) is 0.182. The Labute approximate surface area is 85.8 Å². The van der Waals surface area contributed by atoms with Crippen molar-refractivity contribution >= 4 is 17.3 Å². The van der Waals surface area contributed by atoms with Crippen molar-refractivity contribution in [2.24, 2.45) is 0 Å². The molecular weight excluding hydrogens is 196 g/mol. The summed E-state index contributed by atoms with van der Waals surface area (Å²) >= 11 is 0. The minimum atomic E-state index is -1.27. The van der Waals surface area contributed by atoms with Crippen LogP contribution >= 0.6 is 0 Å². The van der Waals surface area contributed by atoms with Gasteiger partial charge in [-0.05, 0) is 0 Å². The average molecular weight is 204 g/mol. The van der Waals surface area contributed by atoms with Gasteiger partial charge >= 0.3 is 0 Å². The number of hydrogen-bond acceptors (Lipinski definition) is 4. The number of ether oxygens (including phenoxy) is 1. The molecule has 4 nitrogen and oxygen atoms in total. The van der Waals surface area contributed by atoms with Crippen LogP contribution in [0.3, 0.4) is 0 Å². The number of carbonyl (C=O) groups is 3. The van der Waals surface area contributed by atoms with Crippen LogP contribution in [-0.4, -0.2) is 30.6 Å². The Morgan fingerprint density at radius 3 is 2.20 bits per heavy atom. The first kappa shape index (κ1) is 9.73. The normalized spacial score (nSPS) is 20.3. The van der Waals surface area contributed by atoms with E-state index in [1.807, 2.05) is 0 Å². The summed E-state index contributed by atoms with van der Waals surface area (Å²) in [4.78, 5) is 34.7. The van der Waals surface area contributed by atoms with Crippen LogP contribution in [0.5, 0.6) is 0 Å². The summed E-state index contributed by atoms with van der Waals surface area (Å²) in [6.45, 7) is 0. The van der Waals surface area contributed by atoms with E-state index in [9.17, 15) is 14.4 Å². The van der Waals surface area contributed by atoms with E-state index in [0.717, 1.165) is 0 Å². The molecular formula is C11H8O4. The number of methoxy groups -OCH3 is 1. The summed E-state index contributed by atoms with van der Waals surface area (Å²) in [6, 6.07) is 6.25. The molecule has 4 heteroatoms. The third-order valence-corrected chi connectivity index (χ3v) is 2.37. The Hall–Kier alpha value is -1.81. The van der Waals surface area contributed by atoms with E-state index in [2.05, 4.69) is 0 Å². The molecule has 0 unspecified atom stereocenters. The molecule has 0 saturated carbocycles. The quantitative estimate of drug-likeness (QED) is 0.497. The molecule has 15 heavy (non-hydrogen) atoms. The second-order valence-corrected chi connectivity index (χ2v) is 3.22. The monoisotopic (exact) mass is 204 g/mol. The van der Waals surface area contributed by atoms with Crippen molar-refractivity contribution in [1.29, 1.82) is 0 Å². The molecule has 0 heterocycles. The first-order valence-electron chi connectivity index (χ1n) is 4.41. The molecule has 0 saturated heterocycles. The Kier molecular flexibility index (Phi) is 2.21. The van der Waals surface area contributed by atoms with E-state index < -0.39 is 23.5 Å². The lowest BCUT2D eigenvalue weighted by atomic mass is 9.87. The van der Waals surface area contributed by atoms with Gasteiger partial charge in [0.05, 0.1) is 0 Å². The van der Waals surface area contributed by atoms with Gasteiger partial charge < -0.3 is 4.74 Å². The molecule has 1 aliphatic rings. The maximum Gasteiger partial charge on any atom is 0.239 e. The molecule has 1 atom stereocenters. The zero-order valence-electron chi connectivity index (χ0n) is 8.02. The molecule has 1 aliphatic carbocycles. The van der Waals surface area contributed by atoms with Gasteiger partial charge in [-0.2, -0.15) is 0 Å². The third-order valence-electron chi connectivity index (χ3n) is 2.37. The largest absolute Gasteiger partial charge is 0.365 e. The minimum absolute atomic E-state index is 0.167. The molecule has 0 bridgehead atoms. The van der Waals surface area contributed by atoms with Crippen molar-refractivity contribution in [3.8, 4) is 0 Å². The molecule has 0 aromatic heterocycles. The second kappa shape index (κ2) is 3.40. The van der Waals surface area contributed by atoms with E-state index >= 15 is 0 Å². The van der Waals surface area contributed by atoms with E-state index in [4.69, 9.17) is 4.74 Å². The number of rotatable bonds is 1. The maximum absolute atomic E-state index is 11.7. The fourth-order valence-corrected chi connectivity index (χ4v) is 1.62. The topological polar surface area (TPSA) is 60.4 Å². The number of fused-ring (bicyclic) bond motifs is 1. The highest BCUT2D eigenvalue weighted by Crippen LogP contribution is 2.20. The zero-order chi connectivity index (χ0) is 11.0. The van der Waals surface area contributed by atoms with E-state index in [1.165, 1.54) is 19.2 Å². The zero-order valence-corrected chi connectivity index (χ0v) is 8.02. The highest BCUT2D eigenvalue weighted by Gasteiger charge is 2.40. The van der Waals surface area contributed by atoms with Gasteiger partial charge in [0.25, 0.3) is 0 Å². The summed E-state index contributed by atoms with van der Waals surface area (Å²) < 4.78 is 4.72. The molecule has 0 spiro atoms. The lowest BCUT2D eigenvalue weighted by molar-refractivity contribution is -0.122. The van der Waals surface area contributed by atoms with Crippen LogP contribution in [0.4, 0.5) is 0 Å². The molecule has 1 aromatic carbocycles. The Bertz CT molecular complexity index is 461. The lowest BCUT2D eigenvalue weighted by Crippen LogP contribution is -2.42. The van der Waals surface area contributed by atoms with E-state index in [-0.39, 0.29) is 11.1 Å². The summed E-state index contributed by atoms with van der Waals surface area (Å²) in [6.07, 6.45) is -1.27. The van der Waals surface area contributed by atoms with Crippen molar-refractivity contribution in [1.82, 2.24) is 0 Å². The highest BCUT2D eigenvalue weighted by molar-refractivity contribution is 6.53. The van der Waals surface area contributed by atoms with Gasteiger partial charge in [-0.25, -0.2) is 0 Å². The number of carbonyl (C=O) groups excluding carboxylic acids is 3. The van der Waals surface area contributed by atoms with Gasteiger partial charge in [0.1, 0.15) is 0 Å². The van der Waals surface area contributed by atoms with Gasteiger partial charge in [0.2, 0.25) is 11.6 Å². The number of benzene rings is 1. The summed E-state index contributed by atoms with van der Waals surface area (Å²) in [7, 11) is 1.24. The summed E-state index contributed by atoms with van der Waals surface area (Å²) in [5, 5.41) is 0. The van der Waals surface area contributed by atoms with Crippen molar-refractivity contribution in [3.05, 3.63) is 35.4 Å². The smallest absolute Gasteiger partial charge is 0.239 e. The van der Waals surface area contributed by atoms with Crippen LogP contribution in [0, 0.1) is 0 Å².